The molecule has 0 amide bonds. The summed E-state index contributed by atoms with van der Waals surface area (Å²) in [6, 6.07) is 7.59. The number of aromatic nitrogens is 2. The molecule has 0 radical (unpaired) electrons. The first-order valence-corrected chi connectivity index (χ1v) is 9.75. The van der Waals surface area contributed by atoms with E-state index >= 15 is 0 Å². The van der Waals surface area contributed by atoms with E-state index < -0.39 is 0 Å². The van der Waals surface area contributed by atoms with E-state index in [1.807, 2.05) is 42.8 Å². The van der Waals surface area contributed by atoms with Gasteiger partial charge in [0.25, 0.3) is 0 Å². The van der Waals surface area contributed by atoms with Gasteiger partial charge in [-0.2, -0.15) is 5.10 Å². The summed E-state index contributed by atoms with van der Waals surface area (Å²) in [4.78, 5) is 4.30. The third-order valence-electron chi connectivity index (χ3n) is 4.63. The Morgan fingerprint density at radius 2 is 1.93 bits per heavy atom. The second-order valence-electron chi connectivity index (χ2n) is 6.78. The zero-order chi connectivity index (χ0) is 21.2. The summed E-state index contributed by atoms with van der Waals surface area (Å²) < 4.78 is 18.3. The van der Waals surface area contributed by atoms with E-state index in [1.165, 1.54) is 5.56 Å². The number of guanidine groups is 1. The highest BCUT2D eigenvalue weighted by Gasteiger charge is 2.12. The van der Waals surface area contributed by atoms with Crippen molar-refractivity contribution in [2.45, 2.75) is 40.0 Å². The van der Waals surface area contributed by atoms with Crippen LogP contribution in [0.5, 0.6) is 11.5 Å². The normalized spacial score (nSPS) is 12.1. The largest absolute Gasteiger partial charge is 0.497 e. The average molecular weight is 531 g/mol. The molecule has 1 unspecified atom stereocenters. The van der Waals surface area contributed by atoms with E-state index in [0.717, 1.165) is 35.4 Å². The van der Waals surface area contributed by atoms with Crippen molar-refractivity contribution < 1.29 is 14.2 Å². The number of nitrogens with one attached hydrogen (secondary N) is 2. The van der Waals surface area contributed by atoms with Gasteiger partial charge in [-0.15, -0.1) is 24.0 Å². The van der Waals surface area contributed by atoms with Gasteiger partial charge >= 0.3 is 0 Å². The topological polar surface area (TPSA) is 81.9 Å². The van der Waals surface area contributed by atoms with Crippen LogP contribution < -0.4 is 20.1 Å². The fraction of sp³-hybridized carbons (Fsp3) is 0.524. The van der Waals surface area contributed by atoms with E-state index in [1.54, 1.807) is 21.3 Å². The number of aliphatic imine (C=N–C) groups is 1. The monoisotopic (exact) mass is 531 g/mol. The molecule has 2 N–H and O–H groups in total. The molecule has 0 spiro atoms. The lowest BCUT2D eigenvalue weighted by atomic mass is 10.2. The molecule has 0 aliphatic rings. The van der Waals surface area contributed by atoms with Crippen LogP contribution in [0.2, 0.25) is 0 Å². The lowest BCUT2D eigenvalue weighted by molar-refractivity contribution is 0.182. The van der Waals surface area contributed by atoms with Crippen molar-refractivity contribution in [1.29, 1.82) is 0 Å². The highest BCUT2D eigenvalue weighted by atomic mass is 127. The Balaban J connectivity index is 0.00000450. The highest BCUT2D eigenvalue weighted by molar-refractivity contribution is 14.0. The first kappa shape index (κ1) is 26.0. The molecule has 0 saturated heterocycles. The molecule has 0 aliphatic carbocycles. The van der Waals surface area contributed by atoms with Crippen LogP contribution in [0.1, 0.15) is 23.9 Å². The van der Waals surface area contributed by atoms with E-state index in [0.29, 0.717) is 19.7 Å². The number of nitrogens with zero attached hydrogens (tertiary/aromatic N) is 3. The Kier molecular flexibility index (Phi) is 11.6. The van der Waals surface area contributed by atoms with Crippen molar-refractivity contribution in [2.75, 3.05) is 34.4 Å². The van der Waals surface area contributed by atoms with Crippen LogP contribution >= 0.6 is 24.0 Å². The predicted octanol–water partition coefficient (Wildman–Crippen LogP) is 2.91. The fourth-order valence-corrected chi connectivity index (χ4v) is 2.97. The molecule has 1 aromatic carbocycles. The number of benzene rings is 1. The summed E-state index contributed by atoms with van der Waals surface area (Å²) in [5.74, 6) is 2.27. The van der Waals surface area contributed by atoms with E-state index in [4.69, 9.17) is 14.2 Å². The Hall–Kier alpha value is -2.01. The molecule has 1 heterocycles. The third-order valence-corrected chi connectivity index (χ3v) is 4.63. The van der Waals surface area contributed by atoms with Gasteiger partial charge in [0.2, 0.25) is 0 Å². The zero-order valence-electron chi connectivity index (χ0n) is 18.7. The van der Waals surface area contributed by atoms with Crippen LogP contribution in [-0.2, 0) is 17.8 Å². The van der Waals surface area contributed by atoms with Gasteiger partial charge in [0.15, 0.2) is 5.96 Å². The van der Waals surface area contributed by atoms with Crippen molar-refractivity contribution >= 4 is 29.9 Å². The highest BCUT2D eigenvalue weighted by Crippen LogP contribution is 2.19. The number of hydrogen-bond donors (Lipinski definition) is 2. The number of aryl methyl sites for hydroxylation is 1. The van der Waals surface area contributed by atoms with Gasteiger partial charge < -0.3 is 24.8 Å². The molecule has 2 rings (SSSR count). The second kappa shape index (κ2) is 13.3. The van der Waals surface area contributed by atoms with Crippen molar-refractivity contribution in [2.24, 2.45) is 4.99 Å². The molecule has 0 aliphatic heterocycles. The van der Waals surface area contributed by atoms with Crippen molar-refractivity contribution in [3.05, 3.63) is 41.2 Å². The maximum atomic E-state index is 5.94. The maximum absolute atomic E-state index is 5.94. The Bertz CT molecular complexity index is 810. The Morgan fingerprint density at radius 1 is 1.20 bits per heavy atom. The second-order valence-corrected chi connectivity index (χ2v) is 6.78. The maximum Gasteiger partial charge on any atom is 0.191 e. The van der Waals surface area contributed by atoms with Crippen LogP contribution in [0.4, 0.5) is 0 Å². The summed E-state index contributed by atoms with van der Waals surface area (Å²) in [6.45, 7) is 8.75. The SMILES string of the molecule is CN=C(NCc1c(C)nn(CCOC)c1C)NCC(C)Oc1cccc(OC)c1.I. The van der Waals surface area contributed by atoms with Crippen molar-refractivity contribution in [1.82, 2.24) is 20.4 Å². The number of hydrogen-bond acceptors (Lipinski definition) is 5. The molecular formula is C21H34IN5O3. The standard InChI is InChI=1S/C21H33N5O3.HI/c1-15(29-19-9-7-8-18(12-19)28-6)13-23-21(22-4)24-14-20-16(2)25-26(17(20)3)10-11-27-5;/h7-9,12,15H,10-11,13-14H2,1-6H3,(H2,22,23,24);1H. The number of rotatable bonds is 10. The van der Waals surface area contributed by atoms with Crippen LogP contribution in [0.15, 0.2) is 29.3 Å². The van der Waals surface area contributed by atoms with Gasteiger partial charge in [-0.3, -0.25) is 9.67 Å². The van der Waals surface area contributed by atoms with Gasteiger partial charge in [0.05, 0.1) is 32.5 Å². The van der Waals surface area contributed by atoms with Crippen LogP contribution in [0.25, 0.3) is 0 Å². The Morgan fingerprint density at radius 3 is 2.60 bits per heavy atom. The number of methoxy groups -OCH3 is 2. The molecule has 1 aromatic heterocycles. The van der Waals surface area contributed by atoms with E-state index in [2.05, 4.69) is 27.6 Å². The third kappa shape index (κ3) is 7.67. The lowest BCUT2D eigenvalue weighted by Gasteiger charge is -2.18. The molecule has 0 saturated carbocycles. The molecule has 2 aromatic rings. The quantitative estimate of drug-likeness (QED) is 0.279. The van der Waals surface area contributed by atoms with Crippen LogP contribution in [0.3, 0.4) is 0 Å². The molecule has 30 heavy (non-hydrogen) atoms. The smallest absolute Gasteiger partial charge is 0.191 e. The van der Waals surface area contributed by atoms with Crippen molar-refractivity contribution in [3.8, 4) is 11.5 Å². The summed E-state index contributed by atoms with van der Waals surface area (Å²) in [5, 5.41) is 11.2. The van der Waals surface area contributed by atoms with Gasteiger partial charge in [0.1, 0.15) is 17.6 Å². The average Bonchev–Trinajstić information content (AvgIpc) is 2.99. The zero-order valence-corrected chi connectivity index (χ0v) is 21.0. The van der Waals surface area contributed by atoms with Gasteiger partial charge in [0, 0.05) is 38.0 Å². The van der Waals surface area contributed by atoms with Crippen LogP contribution in [-0.4, -0.2) is 56.3 Å². The fourth-order valence-electron chi connectivity index (χ4n) is 2.97. The summed E-state index contributed by atoms with van der Waals surface area (Å²) >= 11 is 0. The molecule has 0 fully saturated rings. The summed E-state index contributed by atoms with van der Waals surface area (Å²) in [7, 11) is 5.10. The molecular weight excluding hydrogens is 497 g/mol. The molecule has 168 valence electrons. The Labute approximate surface area is 196 Å². The van der Waals surface area contributed by atoms with Gasteiger partial charge in [-0.05, 0) is 32.9 Å². The molecule has 8 nitrogen and oxygen atoms in total. The lowest BCUT2D eigenvalue weighted by Crippen LogP contribution is -2.41. The van der Waals surface area contributed by atoms with Crippen molar-refractivity contribution in [3.63, 3.8) is 0 Å². The first-order chi connectivity index (χ1) is 14.0. The molecule has 0 bridgehead atoms. The van der Waals surface area contributed by atoms with Crippen LogP contribution in [0, 0.1) is 13.8 Å². The summed E-state index contributed by atoms with van der Waals surface area (Å²) in [5.41, 5.74) is 3.32. The summed E-state index contributed by atoms with van der Waals surface area (Å²) in [6.07, 6.45) is -0.0408. The minimum absolute atomic E-state index is 0. The molecule has 1 atom stereocenters. The minimum atomic E-state index is -0.0408. The van der Waals surface area contributed by atoms with E-state index in [-0.39, 0.29) is 30.1 Å². The minimum Gasteiger partial charge on any atom is -0.497 e. The first-order valence-electron chi connectivity index (χ1n) is 9.75. The van der Waals surface area contributed by atoms with Gasteiger partial charge in [-0.1, -0.05) is 6.07 Å². The molecule has 9 heteroatoms. The predicted molar refractivity (Wildman–Crippen MR) is 130 cm³/mol. The van der Waals surface area contributed by atoms with Gasteiger partial charge in [-0.25, -0.2) is 0 Å². The number of ether oxygens (including phenoxy) is 3. The number of halogens is 1. The van der Waals surface area contributed by atoms with E-state index in [9.17, 15) is 0 Å².